The van der Waals surface area contributed by atoms with E-state index in [1.54, 1.807) is 0 Å². The molecule has 1 aromatic carbocycles. The first-order valence-corrected chi connectivity index (χ1v) is 7.26. The van der Waals surface area contributed by atoms with Gasteiger partial charge in [0.15, 0.2) is 0 Å². The maximum atomic E-state index is 9.87. The Morgan fingerprint density at radius 3 is 2.43 bits per heavy atom. The normalized spacial score (nSPS) is 33.7. The number of nitrogens with one attached hydrogen (secondary N) is 1. The number of benzene rings is 1. The Balaban J connectivity index is 2.07. The van der Waals surface area contributed by atoms with Gasteiger partial charge in [0.1, 0.15) is 0 Å². The van der Waals surface area contributed by atoms with E-state index in [0.29, 0.717) is 4.73 Å². The molecule has 5 N–H and O–H groups in total. The molecule has 2 rings (SSSR count). The Labute approximate surface area is 130 Å². The monoisotopic (exact) mass is 361 g/mol. The molecule has 8 heteroatoms. The molecule has 21 heavy (non-hydrogen) atoms. The van der Waals surface area contributed by atoms with Crippen LogP contribution in [-0.4, -0.2) is 78.4 Å². The van der Waals surface area contributed by atoms with Crippen LogP contribution in [0, 0.1) is 0 Å². The second kappa shape index (κ2) is 7.33. The van der Waals surface area contributed by atoms with Crippen LogP contribution in [0.3, 0.4) is 0 Å². The van der Waals surface area contributed by atoms with Crippen molar-refractivity contribution in [2.75, 3.05) is 11.9 Å². The van der Waals surface area contributed by atoms with Crippen LogP contribution in [0.4, 0.5) is 5.69 Å². The molecule has 1 aliphatic rings. The van der Waals surface area contributed by atoms with E-state index in [9.17, 15) is 15.3 Å². The third kappa shape index (κ3) is 4.02. The Bertz CT molecular complexity index is 485. The van der Waals surface area contributed by atoms with Crippen molar-refractivity contribution in [1.82, 2.24) is 0 Å². The van der Waals surface area contributed by atoms with Gasteiger partial charge in [-0.05, 0) is 0 Å². The van der Waals surface area contributed by atoms with Gasteiger partial charge in [-0.1, -0.05) is 0 Å². The predicted molar refractivity (Wildman–Crippen MR) is 77.0 cm³/mol. The maximum absolute atomic E-state index is 9.87. The topological polar surface area (TPSA) is 115 Å². The van der Waals surface area contributed by atoms with Crippen molar-refractivity contribution in [2.24, 2.45) is 4.99 Å². The van der Waals surface area contributed by atoms with Gasteiger partial charge in [-0.15, -0.1) is 0 Å². The van der Waals surface area contributed by atoms with E-state index >= 15 is 0 Å². The molecule has 1 aliphatic heterocycles. The van der Waals surface area contributed by atoms with Crippen LogP contribution in [0.15, 0.2) is 35.3 Å². The van der Waals surface area contributed by atoms with E-state index < -0.39 is 37.3 Å². The molecule has 115 valence electrons. The van der Waals surface area contributed by atoms with Crippen LogP contribution in [0.5, 0.6) is 0 Å². The van der Waals surface area contributed by atoms with Crippen molar-refractivity contribution < 1.29 is 25.2 Å². The van der Waals surface area contributed by atoms with Crippen LogP contribution in [0.1, 0.15) is 0 Å². The molecule has 0 aromatic heterocycles. The summed E-state index contributed by atoms with van der Waals surface area (Å²) in [5.41, 5.74) is 0.791. The number of aliphatic hydroxyl groups is 4. The summed E-state index contributed by atoms with van der Waals surface area (Å²) in [5, 5.41) is 41.3. The van der Waals surface area contributed by atoms with Crippen molar-refractivity contribution >= 4 is 26.4 Å². The summed E-state index contributed by atoms with van der Waals surface area (Å²) in [6, 6.07) is 9.24. The van der Waals surface area contributed by atoms with E-state index in [-0.39, 0.29) is 0 Å². The van der Waals surface area contributed by atoms with Crippen molar-refractivity contribution in [3.05, 3.63) is 30.3 Å². The SMILES string of the molecule is OC[C@H]1O[C@@H](/N=C(\[Se])Nc2ccccc2)[C@@H](O)[C@@H](O)[C@@H]1O. The predicted octanol–water partition coefficient (Wildman–Crippen LogP) is -1.58. The minimum atomic E-state index is -1.44. The molecule has 7 nitrogen and oxygen atoms in total. The van der Waals surface area contributed by atoms with Crippen LogP contribution in [0.25, 0.3) is 0 Å². The van der Waals surface area contributed by atoms with Crippen LogP contribution in [-0.2, 0) is 4.74 Å². The molecule has 0 saturated carbocycles. The number of aliphatic hydroxyl groups excluding tert-OH is 4. The van der Waals surface area contributed by atoms with Gasteiger partial charge in [0, 0.05) is 0 Å². The Kier molecular flexibility index (Phi) is 5.72. The molecule has 0 amide bonds. The van der Waals surface area contributed by atoms with Crippen LogP contribution < -0.4 is 5.32 Å². The second-order valence-electron chi connectivity index (χ2n) is 4.64. The first kappa shape index (κ1) is 16.4. The van der Waals surface area contributed by atoms with Crippen LogP contribution >= 0.6 is 0 Å². The summed E-state index contributed by atoms with van der Waals surface area (Å²) in [6.45, 7) is -0.480. The van der Waals surface area contributed by atoms with E-state index in [0.717, 1.165) is 5.69 Å². The number of nitrogens with zero attached hydrogens (tertiary/aromatic N) is 1. The zero-order valence-corrected chi connectivity index (χ0v) is 12.7. The average Bonchev–Trinajstić information content (AvgIpc) is 2.49. The zero-order valence-electron chi connectivity index (χ0n) is 11.0. The number of para-hydroxylation sites is 1. The van der Waals surface area contributed by atoms with Gasteiger partial charge in [0.2, 0.25) is 0 Å². The van der Waals surface area contributed by atoms with Crippen molar-refractivity contribution in [2.45, 2.75) is 30.6 Å². The van der Waals surface area contributed by atoms with Gasteiger partial charge in [0.05, 0.1) is 0 Å². The Hall–Kier alpha value is -0.991. The number of anilines is 1. The minimum absolute atomic E-state index is 0.352. The fourth-order valence-corrected chi connectivity index (χ4v) is 2.45. The van der Waals surface area contributed by atoms with Crippen LogP contribution in [0.2, 0.25) is 0 Å². The summed E-state index contributed by atoms with van der Waals surface area (Å²) in [5.74, 6) is 0. The van der Waals surface area contributed by atoms with Gasteiger partial charge in [-0.2, -0.15) is 0 Å². The summed E-state index contributed by atoms with van der Waals surface area (Å²) >= 11 is 2.69. The first-order chi connectivity index (χ1) is 10.0. The number of rotatable bonds is 3. The molecular formula is C13H17N2O5Se. The van der Waals surface area contributed by atoms with E-state index in [1.807, 2.05) is 30.3 Å². The molecule has 1 saturated heterocycles. The molecule has 0 bridgehead atoms. The molecule has 1 heterocycles. The second-order valence-corrected chi connectivity index (χ2v) is 5.46. The molecule has 5 atom stereocenters. The molecule has 1 radical (unpaired) electrons. The summed E-state index contributed by atoms with van der Waals surface area (Å²) in [4.78, 5) is 4.09. The first-order valence-electron chi connectivity index (χ1n) is 6.40. The van der Waals surface area contributed by atoms with Gasteiger partial charge in [0.25, 0.3) is 0 Å². The quantitative estimate of drug-likeness (QED) is 0.253. The van der Waals surface area contributed by atoms with Crippen molar-refractivity contribution in [3.8, 4) is 0 Å². The van der Waals surface area contributed by atoms with Gasteiger partial charge >= 0.3 is 129 Å². The van der Waals surface area contributed by atoms with Crippen molar-refractivity contribution in [3.63, 3.8) is 0 Å². The molecule has 0 spiro atoms. The summed E-state index contributed by atoms with van der Waals surface area (Å²) < 4.78 is 5.63. The average molecular weight is 360 g/mol. The Morgan fingerprint density at radius 2 is 1.81 bits per heavy atom. The zero-order chi connectivity index (χ0) is 15.4. The van der Waals surface area contributed by atoms with E-state index in [2.05, 4.69) is 26.3 Å². The fraction of sp³-hybridized carbons (Fsp3) is 0.462. The van der Waals surface area contributed by atoms with E-state index in [1.165, 1.54) is 0 Å². The fourth-order valence-electron chi connectivity index (χ4n) is 1.98. The summed E-state index contributed by atoms with van der Waals surface area (Å²) in [7, 11) is 0. The number of ether oxygens (including phenoxy) is 1. The van der Waals surface area contributed by atoms with Crippen molar-refractivity contribution in [1.29, 1.82) is 0 Å². The molecule has 1 fully saturated rings. The number of hydrogen-bond donors (Lipinski definition) is 5. The van der Waals surface area contributed by atoms with E-state index in [4.69, 9.17) is 9.84 Å². The summed E-state index contributed by atoms with van der Waals surface area (Å²) in [6.07, 6.45) is -6.27. The standard InChI is InChI=1S/C13H17N2O5Se/c16-6-8-9(17)10(18)11(19)12(20-8)15-13(21)14-7-4-2-1-3-5-7/h1-5,8-12,16-19H,6H2,(H,14,15)/t8-,9-,10+,11+,12-/m1/s1. The molecule has 0 aliphatic carbocycles. The van der Waals surface area contributed by atoms with Gasteiger partial charge < -0.3 is 0 Å². The van der Waals surface area contributed by atoms with Gasteiger partial charge in [-0.3, -0.25) is 0 Å². The number of hydrogen-bond acceptors (Lipinski definition) is 6. The molecule has 1 aromatic rings. The third-order valence-corrected chi connectivity index (χ3v) is 3.57. The third-order valence-electron chi connectivity index (χ3n) is 3.14. The molecule has 0 unspecified atom stereocenters. The Morgan fingerprint density at radius 1 is 1.14 bits per heavy atom. The molecular weight excluding hydrogens is 343 g/mol. The number of aliphatic imine (C=N–C) groups is 1. The van der Waals surface area contributed by atoms with Gasteiger partial charge in [-0.25, -0.2) is 0 Å². The number of amidine groups is 1.